The van der Waals surface area contributed by atoms with Gasteiger partial charge >= 0.3 is 5.89 Å². The minimum absolute atomic E-state index is 0.000301. The smallest absolute Gasteiger partial charge is 0.305 e. The zero-order valence-electron chi connectivity index (χ0n) is 5.80. The number of nitriles is 1. The normalized spacial score (nSPS) is 9.18. The summed E-state index contributed by atoms with van der Waals surface area (Å²) in [4.78, 5) is 3.72. The van der Waals surface area contributed by atoms with Gasteiger partial charge < -0.3 is 9.15 Å². The molecule has 0 fully saturated rings. The predicted octanol–water partition coefficient (Wildman–Crippen LogP) is 1.71. The zero-order chi connectivity index (χ0) is 8.27. The first-order chi connectivity index (χ1) is 5.27. The van der Waals surface area contributed by atoms with Gasteiger partial charge in [0.2, 0.25) is 4.67 Å². The maximum atomic E-state index is 8.36. The van der Waals surface area contributed by atoms with E-state index >= 15 is 0 Å². The van der Waals surface area contributed by atoms with Gasteiger partial charge in [0.05, 0.1) is 6.61 Å². The Balaban J connectivity index is 2.90. The summed E-state index contributed by atoms with van der Waals surface area (Å²) in [6.07, 6.45) is 0. The minimum Gasteiger partial charge on any atom is -0.475 e. The molecule has 1 aromatic heterocycles. The quantitative estimate of drug-likeness (QED) is 0.756. The molecule has 0 amide bonds. The summed E-state index contributed by atoms with van der Waals surface area (Å²) in [6, 6.07) is 1.76. The average Bonchev–Trinajstić information content (AvgIpc) is 2.33. The number of oxazole rings is 1. The summed E-state index contributed by atoms with van der Waals surface area (Å²) in [6.45, 7) is 2.32. The van der Waals surface area contributed by atoms with Crippen molar-refractivity contribution in [1.82, 2.24) is 4.98 Å². The van der Waals surface area contributed by atoms with E-state index < -0.39 is 0 Å². The van der Waals surface area contributed by atoms with Crippen molar-refractivity contribution in [3.8, 4) is 11.9 Å². The Morgan fingerprint density at radius 3 is 3.00 bits per heavy atom. The van der Waals surface area contributed by atoms with Crippen molar-refractivity contribution in [1.29, 1.82) is 5.26 Å². The molecule has 4 nitrogen and oxygen atoms in total. The number of hydrogen-bond acceptors (Lipinski definition) is 4. The lowest BCUT2D eigenvalue weighted by atomic mass is 10.7. The summed E-state index contributed by atoms with van der Waals surface area (Å²) >= 11 is 3.05. The Morgan fingerprint density at radius 2 is 2.55 bits per heavy atom. The van der Waals surface area contributed by atoms with Crippen LogP contribution < -0.4 is 4.74 Å². The Labute approximate surface area is 71.9 Å². The molecule has 5 heteroatoms. The first-order valence-electron chi connectivity index (χ1n) is 2.97. The van der Waals surface area contributed by atoms with E-state index in [0.717, 1.165) is 0 Å². The van der Waals surface area contributed by atoms with E-state index in [1.165, 1.54) is 0 Å². The van der Waals surface area contributed by atoms with Crippen LogP contribution in [0.2, 0.25) is 0 Å². The molecule has 58 valence electrons. The number of rotatable bonds is 2. The molecule has 0 bridgehead atoms. The molecule has 0 N–H and O–H groups in total. The van der Waals surface area contributed by atoms with Crippen LogP contribution in [0, 0.1) is 11.3 Å². The second kappa shape index (κ2) is 3.39. The van der Waals surface area contributed by atoms with Gasteiger partial charge in [-0.3, -0.25) is 0 Å². The largest absolute Gasteiger partial charge is 0.475 e. The molecule has 0 unspecified atom stereocenters. The highest BCUT2D eigenvalue weighted by atomic mass is 79.9. The SMILES string of the molecule is CCOc1nc(C#N)oc1Br. The number of nitrogens with zero attached hydrogens (tertiary/aromatic N) is 2. The van der Waals surface area contributed by atoms with Crippen LogP contribution in [0.3, 0.4) is 0 Å². The summed E-state index contributed by atoms with van der Waals surface area (Å²) in [5.41, 5.74) is 0. The fourth-order valence-corrected chi connectivity index (χ4v) is 0.918. The first-order valence-corrected chi connectivity index (χ1v) is 3.76. The van der Waals surface area contributed by atoms with Crippen molar-refractivity contribution in [3.05, 3.63) is 10.6 Å². The van der Waals surface area contributed by atoms with Gasteiger partial charge in [-0.25, -0.2) is 0 Å². The molecule has 0 radical (unpaired) electrons. The molecule has 1 aromatic rings. The molecule has 1 heterocycles. The van der Waals surface area contributed by atoms with Crippen molar-refractivity contribution in [2.45, 2.75) is 6.92 Å². The fourth-order valence-electron chi connectivity index (χ4n) is 0.561. The van der Waals surface area contributed by atoms with E-state index in [9.17, 15) is 0 Å². The van der Waals surface area contributed by atoms with Gasteiger partial charge in [-0.15, -0.1) is 0 Å². The molecule has 0 spiro atoms. The second-order valence-corrected chi connectivity index (χ2v) is 2.36. The third kappa shape index (κ3) is 1.71. The zero-order valence-corrected chi connectivity index (χ0v) is 7.38. The van der Waals surface area contributed by atoms with E-state index in [-0.39, 0.29) is 5.89 Å². The Bertz CT molecular complexity index is 289. The Kier molecular flexibility index (Phi) is 2.49. The molecule has 1 rings (SSSR count). The van der Waals surface area contributed by atoms with Gasteiger partial charge in [0, 0.05) is 0 Å². The van der Waals surface area contributed by atoms with Crippen molar-refractivity contribution < 1.29 is 9.15 Å². The molecular weight excluding hydrogens is 212 g/mol. The topological polar surface area (TPSA) is 59.0 Å². The molecule has 11 heavy (non-hydrogen) atoms. The van der Waals surface area contributed by atoms with Gasteiger partial charge in [-0.2, -0.15) is 10.2 Å². The maximum absolute atomic E-state index is 8.36. The van der Waals surface area contributed by atoms with E-state index in [1.54, 1.807) is 6.07 Å². The van der Waals surface area contributed by atoms with Crippen LogP contribution in [-0.4, -0.2) is 11.6 Å². The van der Waals surface area contributed by atoms with Crippen LogP contribution in [0.15, 0.2) is 9.09 Å². The van der Waals surface area contributed by atoms with E-state index in [2.05, 4.69) is 20.9 Å². The number of aromatic nitrogens is 1. The monoisotopic (exact) mass is 216 g/mol. The average molecular weight is 217 g/mol. The van der Waals surface area contributed by atoms with Gasteiger partial charge in [-0.1, -0.05) is 0 Å². The van der Waals surface area contributed by atoms with Crippen LogP contribution in [-0.2, 0) is 0 Å². The second-order valence-electron chi connectivity index (χ2n) is 1.64. The summed E-state index contributed by atoms with van der Waals surface area (Å²) in [5, 5.41) is 8.36. The lowest BCUT2D eigenvalue weighted by molar-refractivity contribution is 0.321. The standard InChI is InChI=1S/C6H5BrN2O2/c1-2-10-6-5(7)11-4(3-8)9-6/h2H2,1H3. The van der Waals surface area contributed by atoms with Crippen LogP contribution in [0.4, 0.5) is 0 Å². The summed E-state index contributed by atoms with van der Waals surface area (Å²) in [7, 11) is 0. The fraction of sp³-hybridized carbons (Fsp3) is 0.333. The Morgan fingerprint density at radius 1 is 1.82 bits per heavy atom. The molecule has 0 aliphatic heterocycles. The van der Waals surface area contributed by atoms with Gasteiger partial charge in [0.25, 0.3) is 5.88 Å². The predicted molar refractivity (Wildman–Crippen MR) is 40.1 cm³/mol. The molecule has 0 saturated heterocycles. The highest BCUT2D eigenvalue weighted by Gasteiger charge is 2.10. The Hall–Kier alpha value is -1.02. The van der Waals surface area contributed by atoms with Crippen LogP contribution in [0.1, 0.15) is 12.8 Å². The summed E-state index contributed by atoms with van der Waals surface area (Å²) in [5.74, 6) is 0.323. The van der Waals surface area contributed by atoms with Crippen LogP contribution >= 0.6 is 15.9 Å². The molecule has 0 aliphatic carbocycles. The highest BCUT2D eigenvalue weighted by Crippen LogP contribution is 2.24. The molecular formula is C6H5BrN2O2. The third-order valence-electron chi connectivity index (χ3n) is 0.934. The lowest BCUT2D eigenvalue weighted by Crippen LogP contribution is -1.91. The van der Waals surface area contributed by atoms with Gasteiger partial charge in [0.1, 0.15) is 0 Å². The van der Waals surface area contributed by atoms with Crippen LogP contribution in [0.25, 0.3) is 0 Å². The number of halogens is 1. The van der Waals surface area contributed by atoms with Crippen molar-refractivity contribution in [3.63, 3.8) is 0 Å². The highest BCUT2D eigenvalue weighted by molar-refractivity contribution is 9.10. The van der Waals surface area contributed by atoms with Gasteiger partial charge in [0.15, 0.2) is 6.07 Å². The molecule has 0 aromatic carbocycles. The van der Waals surface area contributed by atoms with E-state index in [1.807, 2.05) is 6.92 Å². The third-order valence-corrected chi connectivity index (χ3v) is 1.44. The van der Waals surface area contributed by atoms with E-state index in [0.29, 0.717) is 17.2 Å². The van der Waals surface area contributed by atoms with E-state index in [4.69, 9.17) is 14.4 Å². The molecule has 0 atom stereocenters. The minimum atomic E-state index is 0.000301. The number of hydrogen-bond donors (Lipinski definition) is 0. The molecule has 0 saturated carbocycles. The van der Waals surface area contributed by atoms with Crippen molar-refractivity contribution >= 4 is 15.9 Å². The van der Waals surface area contributed by atoms with Gasteiger partial charge in [-0.05, 0) is 22.9 Å². The summed E-state index contributed by atoms with van der Waals surface area (Å²) < 4.78 is 10.2. The first kappa shape index (κ1) is 8.08. The molecule has 0 aliphatic rings. The number of ether oxygens (including phenoxy) is 1. The van der Waals surface area contributed by atoms with Crippen molar-refractivity contribution in [2.24, 2.45) is 0 Å². The maximum Gasteiger partial charge on any atom is 0.305 e. The van der Waals surface area contributed by atoms with Crippen LogP contribution in [0.5, 0.6) is 5.88 Å². The lowest BCUT2D eigenvalue weighted by Gasteiger charge is -1.93. The van der Waals surface area contributed by atoms with Crippen molar-refractivity contribution in [2.75, 3.05) is 6.61 Å².